The fourth-order valence-electron chi connectivity index (χ4n) is 2.69. The lowest BCUT2D eigenvalue weighted by atomic mass is 10.2. The van der Waals surface area contributed by atoms with Gasteiger partial charge in [-0.1, -0.05) is 24.3 Å². The number of rotatable bonds is 16. The third kappa shape index (κ3) is 9.72. The minimum Gasteiger partial charge on any atom is -0.457 e. The molecular weight excluding hydrogens is 404 g/mol. The molecule has 0 radical (unpaired) electrons. The van der Waals surface area contributed by atoms with Gasteiger partial charge in [-0.15, -0.1) is 0 Å². The summed E-state index contributed by atoms with van der Waals surface area (Å²) in [5.41, 5.74) is 12.7. The zero-order valence-corrected chi connectivity index (χ0v) is 18.0. The fourth-order valence-corrected chi connectivity index (χ4v) is 2.69. The largest absolute Gasteiger partial charge is 0.457 e. The molecule has 0 aromatic heterocycles. The van der Waals surface area contributed by atoms with Crippen LogP contribution in [0.3, 0.4) is 0 Å². The van der Waals surface area contributed by atoms with Gasteiger partial charge in [-0.05, 0) is 35.4 Å². The quantitative estimate of drug-likeness (QED) is 0.382. The molecule has 2 aromatic carbocycles. The van der Waals surface area contributed by atoms with Gasteiger partial charge in [0.15, 0.2) is 12.6 Å². The molecule has 0 saturated carbocycles. The van der Waals surface area contributed by atoms with Crippen LogP contribution in [0, 0.1) is 0 Å². The molecular formula is C22H32N2O7. The molecule has 0 bridgehead atoms. The van der Waals surface area contributed by atoms with Crippen LogP contribution >= 0.6 is 0 Å². The Morgan fingerprint density at radius 2 is 1.13 bits per heavy atom. The lowest BCUT2D eigenvalue weighted by Crippen LogP contribution is -2.25. The van der Waals surface area contributed by atoms with Crippen molar-refractivity contribution in [2.24, 2.45) is 11.5 Å². The molecule has 0 aliphatic heterocycles. The molecule has 9 heteroatoms. The van der Waals surface area contributed by atoms with E-state index in [1.165, 1.54) is 0 Å². The number of benzene rings is 2. The number of hydrogen-bond acceptors (Lipinski definition) is 9. The first-order valence-electron chi connectivity index (χ1n) is 9.88. The highest BCUT2D eigenvalue weighted by atomic mass is 16.7. The average molecular weight is 437 g/mol. The van der Waals surface area contributed by atoms with E-state index in [2.05, 4.69) is 0 Å². The first kappa shape index (κ1) is 25.2. The SMILES string of the molecule is COCC(OCN)OCc1cccc(Oc2cccc(COC(COC)OCN)c2)c1. The maximum atomic E-state index is 6.00. The van der Waals surface area contributed by atoms with Gasteiger partial charge in [0.25, 0.3) is 0 Å². The Kier molecular flexibility index (Phi) is 12.1. The third-order valence-electron chi connectivity index (χ3n) is 4.07. The van der Waals surface area contributed by atoms with Crippen LogP contribution in [0.15, 0.2) is 48.5 Å². The Labute approximate surface area is 183 Å². The second kappa shape index (κ2) is 14.8. The summed E-state index contributed by atoms with van der Waals surface area (Å²) in [6.45, 7) is 1.37. The zero-order chi connectivity index (χ0) is 22.3. The highest BCUT2D eigenvalue weighted by Crippen LogP contribution is 2.24. The Balaban J connectivity index is 1.94. The predicted molar refractivity (Wildman–Crippen MR) is 114 cm³/mol. The molecule has 2 aromatic rings. The Bertz CT molecular complexity index is 674. The van der Waals surface area contributed by atoms with Crippen LogP contribution in [-0.4, -0.2) is 53.5 Å². The summed E-state index contributed by atoms with van der Waals surface area (Å²) in [5, 5.41) is 0. The highest BCUT2D eigenvalue weighted by Gasteiger charge is 2.10. The van der Waals surface area contributed by atoms with Gasteiger partial charge in [-0.3, -0.25) is 0 Å². The first-order valence-corrected chi connectivity index (χ1v) is 9.88. The van der Waals surface area contributed by atoms with Crippen LogP contribution in [0.2, 0.25) is 0 Å². The maximum Gasteiger partial charge on any atom is 0.182 e. The topological polar surface area (TPSA) is 117 Å². The van der Waals surface area contributed by atoms with Crippen molar-refractivity contribution in [2.45, 2.75) is 25.8 Å². The molecule has 0 aliphatic carbocycles. The van der Waals surface area contributed by atoms with Gasteiger partial charge in [0, 0.05) is 14.2 Å². The smallest absolute Gasteiger partial charge is 0.182 e. The van der Waals surface area contributed by atoms with E-state index in [0.717, 1.165) is 11.1 Å². The molecule has 9 nitrogen and oxygen atoms in total. The minimum absolute atomic E-state index is 0.0573. The lowest BCUT2D eigenvalue weighted by molar-refractivity contribution is -0.173. The number of methoxy groups -OCH3 is 2. The van der Waals surface area contributed by atoms with E-state index in [4.69, 9.17) is 44.6 Å². The molecule has 0 heterocycles. The Morgan fingerprint density at radius 1 is 0.677 bits per heavy atom. The summed E-state index contributed by atoms with van der Waals surface area (Å²) < 4.78 is 38.1. The van der Waals surface area contributed by atoms with Crippen molar-refractivity contribution in [1.29, 1.82) is 0 Å². The number of hydrogen-bond donors (Lipinski definition) is 2. The second-order valence-corrected chi connectivity index (χ2v) is 6.46. The predicted octanol–water partition coefficient (Wildman–Crippen LogP) is 2.32. The minimum atomic E-state index is -0.526. The number of nitrogens with two attached hydrogens (primary N) is 2. The van der Waals surface area contributed by atoms with Crippen molar-refractivity contribution >= 4 is 0 Å². The molecule has 0 fully saturated rings. The van der Waals surface area contributed by atoms with Gasteiger partial charge in [0.2, 0.25) is 0 Å². The van der Waals surface area contributed by atoms with Crippen molar-refractivity contribution in [3.63, 3.8) is 0 Å². The van der Waals surface area contributed by atoms with E-state index < -0.39 is 12.6 Å². The maximum absolute atomic E-state index is 6.00. The van der Waals surface area contributed by atoms with Crippen LogP contribution in [0.25, 0.3) is 0 Å². The van der Waals surface area contributed by atoms with Gasteiger partial charge < -0.3 is 44.6 Å². The molecule has 2 unspecified atom stereocenters. The van der Waals surface area contributed by atoms with Crippen molar-refractivity contribution in [2.75, 3.05) is 40.9 Å². The summed E-state index contributed by atoms with van der Waals surface area (Å²) in [7, 11) is 3.15. The van der Waals surface area contributed by atoms with Gasteiger partial charge in [0.05, 0.1) is 39.9 Å². The molecule has 31 heavy (non-hydrogen) atoms. The molecule has 2 atom stereocenters. The van der Waals surface area contributed by atoms with Crippen molar-refractivity contribution in [3.05, 3.63) is 59.7 Å². The van der Waals surface area contributed by atoms with Crippen LogP contribution < -0.4 is 16.2 Å². The highest BCUT2D eigenvalue weighted by molar-refractivity contribution is 5.35. The number of ether oxygens (including phenoxy) is 7. The van der Waals surface area contributed by atoms with Crippen molar-refractivity contribution < 1.29 is 33.2 Å². The third-order valence-corrected chi connectivity index (χ3v) is 4.07. The summed E-state index contributed by atoms with van der Waals surface area (Å²) in [5.74, 6) is 1.37. The van der Waals surface area contributed by atoms with Gasteiger partial charge in [-0.25, -0.2) is 0 Å². The van der Waals surface area contributed by atoms with Gasteiger partial charge >= 0.3 is 0 Å². The molecule has 172 valence electrons. The van der Waals surface area contributed by atoms with E-state index in [-0.39, 0.29) is 13.5 Å². The van der Waals surface area contributed by atoms with Crippen molar-refractivity contribution in [1.82, 2.24) is 0 Å². The molecule has 0 spiro atoms. The van der Waals surface area contributed by atoms with Crippen LogP contribution in [-0.2, 0) is 41.6 Å². The summed E-state index contributed by atoms with van der Waals surface area (Å²) in [6.07, 6.45) is -1.05. The standard InChI is InChI=1S/C22H32N2O7/c1-25-13-21(29-15-23)27-11-17-5-3-7-19(9-17)31-20-8-4-6-18(10-20)12-28-22(14-26-2)30-16-24/h3-10,21-22H,11-16,23-24H2,1-2H3. The summed E-state index contributed by atoms with van der Waals surface area (Å²) in [6, 6.07) is 15.2. The summed E-state index contributed by atoms with van der Waals surface area (Å²) >= 11 is 0. The molecule has 0 aliphatic rings. The zero-order valence-electron chi connectivity index (χ0n) is 18.0. The van der Waals surface area contributed by atoms with Gasteiger partial charge in [-0.2, -0.15) is 0 Å². The molecule has 2 rings (SSSR count). The van der Waals surface area contributed by atoms with Crippen molar-refractivity contribution in [3.8, 4) is 11.5 Å². The summed E-state index contributed by atoms with van der Waals surface area (Å²) in [4.78, 5) is 0. The van der Waals surface area contributed by atoms with Crippen LogP contribution in [0.4, 0.5) is 0 Å². The first-order chi connectivity index (χ1) is 15.2. The van der Waals surface area contributed by atoms with E-state index >= 15 is 0 Å². The van der Waals surface area contributed by atoms with E-state index in [1.54, 1.807) is 14.2 Å². The molecule has 0 amide bonds. The Hall–Kier alpha value is -2.08. The average Bonchev–Trinajstić information content (AvgIpc) is 2.77. The normalized spacial score (nSPS) is 13.2. The molecule has 4 N–H and O–H groups in total. The monoisotopic (exact) mass is 436 g/mol. The Morgan fingerprint density at radius 3 is 1.52 bits per heavy atom. The van der Waals surface area contributed by atoms with Gasteiger partial charge in [0.1, 0.15) is 11.5 Å². The van der Waals surface area contributed by atoms with Crippen LogP contribution in [0.5, 0.6) is 11.5 Å². The lowest BCUT2D eigenvalue weighted by Gasteiger charge is -2.17. The van der Waals surface area contributed by atoms with E-state index in [0.29, 0.717) is 37.9 Å². The molecule has 0 saturated heterocycles. The van der Waals surface area contributed by atoms with E-state index in [1.807, 2.05) is 48.5 Å². The van der Waals surface area contributed by atoms with E-state index in [9.17, 15) is 0 Å². The fraction of sp³-hybridized carbons (Fsp3) is 0.455. The second-order valence-electron chi connectivity index (χ2n) is 6.46. The van der Waals surface area contributed by atoms with Crippen LogP contribution in [0.1, 0.15) is 11.1 Å².